The lowest BCUT2D eigenvalue weighted by Gasteiger charge is -2.41. The van der Waals surface area contributed by atoms with Crippen molar-refractivity contribution < 1.29 is 75.4 Å². The Balaban J connectivity index is 2.35. The first-order valence-corrected chi connectivity index (χ1v) is 10.5. The molecule has 0 saturated carbocycles. The quantitative estimate of drug-likeness (QED) is 0.154. The van der Waals surface area contributed by atoms with Crippen molar-refractivity contribution in [2.45, 2.75) is 48.1 Å². The zero-order valence-corrected chi connectivity index (χ0v) is 19.8. The number of amides is 2. The van der Waals surface area contributed by atoms with Crippen LogP contribution in [0.4, 0.5) is 65.9 Å². The molecule has 1 aromatic rings. The van der Waals surface area contributed by atoms with Crippen molar-refractivity contribution in [1.82, 2.24) is 4.90 Å². The third-order valence-electron chi connectivity index (χ3n) is 5.14. The van der Waals surface area contributed by atoms with Crippen molar-refractivity contribution in [3.05, 3.63) is 45.0 Å². The minimum atomic E-state index is -8.37. The predicted molar refractivity (Wildman–Crippen MR) is 104 cm³/mol. The summed E-state index contributed by atoms with van der Waals surface area (Å²) in [4.78, 5) is 24.8. The molecule has 0 radical (unpaired) electrons. The van der Waals surface area contributed by atoms with Crippen LogP contribution in [0.25, 0.3) is 0 Å². The molecule has 2 rings (SSSR count). The molecule has 2 amide bonds. The smallest absolute Gasteiger partial charge is 0.274 e. The Labute approximate surface area is 214 Å². The van der Waals surface area contributed by atoms with Gasteiger partial charge >= 0.3 is 41.7 Å². The zero-order valence-electron chi connectivity index (χ0n) is 17.6. The summed E-state index contributed by atoms with van der Waals surface area (Å²) < 4.78 is 198. The molecular weight excluding hydrogens is 686 g/mol. The Morgan fingerprint density at radius 1 is 0.658 bits per heavy atom. The first-order valence-electron chi connectivity index (χ1n) is 9.45. The molecule has 1 aliphatic rings. The van der Waals surface area contributed by atoms with Gasteiger partial charge < -0.3 is 0 Å². The molecule has 0 bridgehead atoms. The van der Waals surface area contributed by atoms with Crippen LogP contribution >= 0.6 is 22.6 Å². The van der Waals surface area contributed by atoms with E-state index in [4.69, 9.17) is 0 Å². The van der Waals surface area contributed by atoms with Gasteiger partial charge in [-0.1, -0.05) is 12.1 Å². The second-order valence-corrected chi connectivity index (χ2v) is 9.03. The SMILES string of the molecule is O=C1c2ccccc2C(=O)N1CCC(I)=CC(F)(F)C(F)(F)C(F)(F)C(F)(F)C(F)(F)C(F)(F)C(F)(F)F. The van der Waals surface area contributed by atoms with Crippen molar-refractivity contribution in [3.8, 4) is 0 Å². The van der Waals surface area contributed by atoms with E-state index in [1.54, 1.807) is 0 Å². The molecule has 0 atom stereocenters. The minimum absolute atomic E-state index is 0.146. The topological polar surface area (TPSA) is 37.4 Å². The second kappa shape index (κ2) is 9.46. The maximum Gasteiger partial charge on any atom is 0.460 e. The Bertz CT molecular complexity index is 1110. The molecule has 0 unspecified atom stereocenters. The van der Waals surface area contributed by atoms with Crippen molar-refractivity contribution in [2.24, 2.45) is 0 Å². The normalized spacial score (nSPS) is 16.8. The maximum absolute atomic E-state index is 14.0. The molecular formula is C19H9F15INO2. The lowest BCUT2D eigenvalue weighted by Crippen LogP contribution is -2.72. The molecule has 0 fully saturated rings. The Morgan fingerprint density at radius 2 is 1.03 bits per heavy atom. The van der Waals surface area contributed by atoms with Gasteiger partial charge in [0.05, 0.1) is 11.1 Å². The summed E-state index contributed by atoms with van der Waals surface area (Å²) in [5.41, 5.74) is -0.293. The Hall–Kier alpha value is -2.22. The maximum atomic E-state index is 14.0. The number of benzene rings is 1. The van der Waals surface area contributed by atoms with E-state index in [0.717, 1.165) is 22.6 Å². The van der Waals surface area contributed by atoms with Gasteiger partial charge in [0.1, 0.15) is 0 Å². The van der Waals surface area contributed by atoms with Crippen LogP contribution in [0.2, 0.25) is 0 Å². The largest absolute Gasteiger partial charge is 0.460 e. The van der Waals surface area contributed by atoms with Crippen LogP contribution in [0.15, 0.2) is 33.9 Å². The van der Waals surface area contributed by atoms with E-state index in [2.05, 4.69) is 0 Å². The van der Waals surface area contributed by atoms with Gasteiger partial charge in [-0.25, -0.2) is 0 Å². The lowest BCUT2D eigenvalue weighted by atomic mass is 9.91. The predicted octanol–water partition coefficient (Wildman–Crippen LogP) is 7.37. The summed E-state index contributed by atoms with van der Waals surface area (Å²) in [5.74, 6) is -49.1. The fraction of sp³-hybridized carbons (Fsp3) is 0.474. The highest BCUT2D eigenvalue weighted by Crippen LogP contribution is 2.62. The molecule has 0 aliphatic carbocycles. The zero-order chi connectivity index (χ0) is 29.9. The molecule has 0 saturated heterocycles. The van der Waals surface area contributed by atoms with Crippen molar-refractivity contribution in [3.63, 3.8) is 0 Å². The van der Waals surface area contributed by atoms with Crippen LogP contribution in [0, 0.1) is 0 Å². The molecule has 1 heterocycles. The Morgan fingerprint density at radius 3 is 1.42 bits per heavy atom. The summed E-state index contributed by atoms with van der Waals surface area (Å²) in [6.45, 7) is -0.856. The van der Waals surface area contributed by atoms with E-state index < -0.39 is 76.1 Å². The number of carbonyl (C=O) groups excluding carboxylic acids is 2. The van der Waals surface area contributed by atoms with Crippen LogP contribution < -0.4 is 0 Å². The molecule has 214 valence electrons. The summed E-state index contributed by atoms with van der Waals surface area (Å²) >= 11 is 0.745. The van der Waals surface area contributed by atoms with E-state index in [1.807, 2.05) is 0 Å². The number of rotatable bonds is 9. The third kappa shape index (κ3) is 4.61. The number of halogens is 16. The number of nitrogens with zero attached hydrogens (tertiary/aromatic N) is 1. The molecule has 0 N–H and O–H groups in total. The molecule has 0 spiro atoms. The van der Waals surface area contributed by atoms with Crippen molar-refractivity contribution in [1.29, 1.82) is 0 Å². The molecule has 1 aliphatic heterocycles. The van der Waals surface area contributed by atoms with E-state index in [0.29, 0.717) is 4.90 Å². The number of fused-ring (bicyclic) bond motifs is 1. The first kappa shape index (κ1) is 32.0. The fourth-order valence-electron chi connectivity index (χ4n) is 3.00. The van der Waals surface area contributed by atoms with E-state index in [-0.39, 0.29) is 11.1 Å². The average molecular weight is 695 g/mol. The fourth-order valence-corrected chi connectivity index (χ4v) is 3.63. The summed E-state index contributed by atoms with van der Waals surface area (Å²) in [6, 6.07) is 5.05. The monoisotopic (exact) mass is 695 g/mol. The van der Waals surface area contributed by atoms with Crippen LogP contribution in [-0.2, 0) is 0 Å². The summed E-state index contributed by atoms with van der Waals surface area (Å²) in [7, 11) is 0. The number of imide groups is 1. The third-order valence-corrected chi connectivity index (χ3v) is 5.99. The molecule has 19 heteroatoms. The highest BCUT2D eigenvalue weighted by Gasteiger charge is 2.93. The minimum Gasteiger partial charge on any atom is -0.274 e. The highest BCUT2D eigenvalue weighted by atomic mass is 127. The van der Waals surface area contributed by atoms with Gasteiger partial charge in [0.2, 0.25) is 0 Å². The van der Waals surface area contributed by atoms with Crippen LogP contribution in [0.5, 0.6) is 0 Å². The van der Waals surface area contributed by atoms with Gasteiger partial charge in [0.15, 0.2) is 0 Å². The number of hydrogen-bond acceptors (Lipinski definition) is 2. The molecule has 3 nitrogen and oxygen atoms in total. The average Bonchev–Trinajstić information content (AvgIpc) is 3.00. The van der Waals surface area contributed by atoms with Crippen LogP contribution in [-0.4, -0.2) is 65.0 Å². The van der Waals surface area contributed by atoms with E-state index in [9.17, 15) is 75.4 Å². The van der Waals surface area contributed by atoms with Crippen LogP contribution in [0.3, 0.4) is 0 Å². The Kier molecular flexibility index (Phi) is 7.96. The summed E-state index contributed by atoms with van der Waals surface area (Å²) in [5, 5.41) is 0. The molecule has 38 heavy (non-hydrogen) atoms. The van der Waals surface area contributed by atoms with Gasteiger partial charge in [-0.3, -0.25) is 14.5 Å². The van der Waals surface area contributed by atoms with Crippen molar-refractivity contribution >= 4 is 34.4 Å². The van der Waals surface area contributed by atoms with E-state index in [1.165, 1.54) is 24.3 Å². The number of carbonyl (C=O) groups is 2. The van der Waals surface area contributed by atoms with Gasteiger partial charge in [-0.2, -0.15) is 65.9 Å². The van der Waals surface area contributed by atoms with E-state index >= 15 is 0 Å². The second-order valence-electron chi connectivity index (χ2n) is 7.64. The van der Waals surface area contributed by atoms with Crippen molar-refractivity contribution in [2.75, 3.05) is 6.54 Å². The van der Waals surface area contributed by atoms with Crippen LogP contribution in [0.1, 0.15) is 27.1 Å². The molecule has 0 aromatic heterocycles. The highest BCUT2D eigenvalue weighted by molar-refractivity contribution is 14.1. The number of hydrogen-bond donors (Lipinski definition) is 0. The van der Waals surface area contributed by atoms with Gasteiger partial charge in [-0.15, -0.1) is 0 Å². The summed E-state index contributed by atoms with van der Waals surface area (Å²) in [6.07, 6.45) is -9.84. The first-order chi connectivity index (χ1) is 16.8. The number of allylic oxidation sites excluding steroid dienone is 1. The standard InChI is InChI=1S/C19H9F15INO2/c20-13(21,7-8(35)5-6-36-11(37)9-3-1-2-4-10(9)12(36)38)14(22,23)15(24,25)16(26,27)17(28,29)18(30,31)19(32,33)34/h1-4,7H,5-6H2. The lowest BCUT2D eigenvalue weighted by molar-refractivity contribution is -0.449. The number of alkyl halides is 15. The van der Waals surface area contributed by atoms with Gasteiger partial charge in [0, 0.05) is 12.6 Å². The van der Waals surface area contributed by atoms with Gasteiger partial charge in [0.25, 0.3) is 11.8 Å². The van der Waals surface area contributed by atoms with Gasteiger partial charge in [-0.05, 0) is 44.7 Å². The molecule has 1 aromatic carbocycles.